The van der Waals surface area contributed by atoms with Crippen molar-refractivity contribution >= 4 is 17.7 Å². The SMILES string of the molecule is CCN(C(C)C)C1CCC[C@@H]1Oc1ccc2c(c1)CN(C1CCC(=O)NC1=O)C2=O. The quantitative estimate of drug-likeness (QED) is 0.725. The highest BCUT2D eigenvalue weighted by Crippen LogP contribution is 2.33. The van der Waals surface area contributed by atoms with Gasteiger partial charge in [0.15, 0.2) is 0 Å². The number of benzene rings is 1. The van der Waals surface area contributed by atoms with E-state index in [0.29, 0.717) is 30.6 Å². The first-order valence-electron chi connectivity index (χ1n) is 11.1. The van der Waals surface area contributed by atoms with E-state index < -0.39 is 6.04 Å². The van der Waals surface area contributed by atoms with Crippen LogP contribution >= 0.6 is 0 Å². The minimum Gasteiger partial charge on any atom is -0.489 e. The molecule has 0 radical (unpaired) electrons. The number of likely N-dealkylation sites (N-methyl/N-ethyl adjacent to an activating group) is 1. The molecular weight excluding hydrogens is 382 g/mol. The Labute approximate surface area is 177 Å². The number of carbonyl (C=O) groups is 3. The molecule has 1 aliphatic carbocycles. The normalized spacial score (nSPS) is 26.5. The van der Waals surface area contributed by atoms with Crippen LogP contribution in [0.1, 0.15) is 68.8 Å². The first-order valence-corrected chi connectivity index (χ1v) is 11.1. The van der Waals surface area contributed by atoms with Crippen LogP contribution in [0.4, 0.5) is 0 Å². The van der Waals surface area contributed by atoms with Crippen LogP contribution in [0.3, 0.4) is 0 Å². The van der Waals surface area contributed by atoms with Gasteiger partial charge in [-0.05, 0) is 69.8 Å². The fourth-order valence-corrected chi connectivity index (χ4v) is 5.20. The summed E-state index contributed by atoms with van der Waals surface area (Å²) in [4.78, 5) is 40.6. The van der Waals surface area contributed by atoms with E-state index in [2.05, 4.69) is 31.0 Å². The molecule has 1 saturated heterocycles. The average molecular weight is 414 g/mol. The molecule has 1 aromatic rings. The molecule has 30 heavy (non-hydrogen) atoms. The van der Waals surface area contributed by atoms with E-state index in [1.807, 2.05) is 18.2 Å². The number of fused-ring (bicyclic) bond motifs is 1. The van der Waals surface area contributed by atoms with Crippen LogP contribution in [0, 0.1) is 0 Å². The molecule has 2 aliphatic heterocycles. The van der Waals surface area contributed by atoms with Crippen molar-refractivity contribution in [3.63, 3.8) is 0 Å². The van der Waals surface area contributed by atoms with Gasteiger partial charge in [-0.3, -0.25) is 24.6 Å². The molecule has 3 amide bonds. The van der Waals surface area contributed by atoms with Crippen molar-refractivity contribution in [1.29, 1.82) is 0 Å². The molecule has 4 rings (SSSR count). The van der Waals surface area contributed by atoms with Gasteiger partial charge in [0.1, 0.15) is 17.9 Å². The number of carbonyl (C=O) groups excluding carboxylic acids is 3. The molecule has 3 aliphatic rings. The van der Waals surface area contributed by atoms with Crippen molar-refractivity contribution in [3.8, 4) is 5.75 Å². The van der Waals surface area contributed by atoms with Crippen LogP contribution in [-0.4, -0.2) is 58.3 Å². The highest BCUT2D eigenvalue weighted by Gasteiger charge is 2.39. The summed E-state index contributed by atoms with van der Waals surface area (Å²) in [6.45, 7) is 8.02. The second-order valence-corrected chi connectivity index (χ2v) is 8.80. The van der Waals surface area contributed by atoms with Gasteiger partial charge in [-0.2, -0.15) is 0 Å². The zero-order valence-corrected chi connectivity index (χ0v) is 18.0. The van der Waals surface area contributed by atoms with Gasteiger partial charge in [-0.1, -0.05) is 6.92 Å². The van der Waals surface area contributed by atoms with E-state index in [1.165, 1.54) is 0 Å². The number of rotatable bonds is 6. The summed E-state index contributed by atoms with van der Waals surface area (Å²) in [5.41, 5.74) is 1.50. The second kappa shape index (κ2) is 8.38. The molecule has 2 unspecified atom stereocenters. The number of nitrogens with one attached hydrogen (secondary N) is 1. The van der Waals surface area contributed by atoms with Crippen molar-refractivity contribution in [2.45, 2.75) is 83.6 Å². The zero-order valence-electron chi connectivity index (χ0n) is 18.0. The summed E-state index contributed by atoms with van der Waals surface area (Å²) in [7, 11) is 0. The smallest absolute Gasteiger partial charge is 0.255 e. The summed E-state index contributed by atoms with van der Waals surface area (Å²) < 4.78 is 6.40. The lowest BCUT2D eigenvalue weighted by atomic mass is 10.0. The van der Waals surface area contributed by atoms with Crippen LogP contribution in [0.15, 0.2) is 18.2 Å². The highest BCUT2D eigenvalue weighted by molar-refractivity contribution is 6.05. The molecule has 1 saturated carbocycles. The molecule has 7 nitrogen and oxygen atoms in total. The summed E-state index contributed by atoms with van der Waals surface area (Å²) >= 11 is 0. The molecule has 2 fully saturated rings. The molecule has 1 N–H and O–H groups in total. The van der Waals surface area contributed by atoms with Gasteiger partial charge < -0.3 is 9.64 Å². The largest absolute Gasteiger partial charge is 0.489 e. The van der Waals surface area contributed by atoms with Gasteiger partial charge in [0.25, 0.3) is 5.91 Å². The molecule has 0 bridgehead atoms. The predicted octanol–water partition coefficient (Wildman–Crippen LogP) is 2.48. The Bertz CT molecular complexity index is 853. The van der Waals surface area contributed by atoms with Crippen LogP contribution < -0.4 is 10.1 Å². The van der Waals surface area contributed by atoms with E-state index in [4.69, 9.17) is 4.74 Å². The Morgan fingerprint density at radius 3 is 2.70 bits per heavy atom. The van der Waals surface area contributed by atoms with Crippen molar-refractivity contribution in [2.24, 2.45) is 0 Å². The summed E-state index contributed by atoms with van der Waals surface area (Å²) in [5.74, 6) is -0.0269. The molecule has 3 atom stereocenters. The third kappa shape index (κ3) is 3.83. The number of imide groups is 1. The summed E-state index contributed by atoms with van der Waals surface area (Å²) in [5, 5.41) is 2.34. The molecule has 1 aromatic carbocycles. The van der Waals surface area contributed by atoms with Crippen molar-refractivity contribution in [3.05, 3.63) is 29.3 Å². The van der Waals surface area contributed by atoms with E-state index in [-0.39, 0.29) is 30.2 Å². The lowest BCUT2D eigenvalue weighted by Crippen LogP contribution is -2.52. The third-order valence-electron chi connectivity index (χ3n) is 6.65. The predicted molar refractivity (Wildman–Crippen MR) is 112 cm³/mol. The number of ether oxygens (including phenoxy) is 1. The molecule has 2 heterocycles. The first-order chi connectivity index (χ1) is 14.4. The van der Waals surface area contributed by atoms with E-state index in [9.17, 15) is 14.4 Å². The standard InChI is InChI=1S/C23H31N3O4/c1-4-25(14(2)3)18-6-5-7-20(18)30-16-8-9-17-15(12-16)13-26(23(17)29)19-10-11-21(27)24-22(19)28/h8-9,12,14,18-20H,4-7,10-11,13H2,1-3H3,(H,24,27,28)/t18?,19?,20-/m0/s1. The number of hydrogen-bond donors (Lipinski definition) is 1. The average Bonchev–Trinajstić information content (AvgIpc) is 3.27. The van der Waals surface area contributed by atoms with Crippen LogP contribution in [0.2, 0.25) is 0 Å². The maximum atomic E-state index is 12.8. The van der Waals surface area contributed by atoms with Gasteiger partial charge in [-0.25, -0.2) is 0 Å². The zero-order chi connectivity index (χ0) is 21.4. The lowest BCUT2D eigenvalue weighted by molar-refractivity contribution is -0.136. The van der Waals surface area contributed by atoms with Crippen molar-refractivity contribution in [2.75, 3.05) is 6.54 Å². The van der Waals surface area contributed by atoms with E-state index in [1.54, 1.807) is 4.90 Å². The second-order valence-electron chi connectivity index (χ2n) is 8.80. The first kappa shape index (κ1) is 20.8. The maximum Gasteiger partial charge on any atom is 0.255 e. The fraction of sp³-hybridized carbons (Fsp3) is 0.609. The number of hydrogen-bond acceptors (Lipinski definition) is 5. The minimum absolute atomic E-state index is 0.147. The molecule has 162 valence electrons. The van der Waals surface area contributed by atoms with Gasteiger partial charge in [-0.15, -0.1) is 0 Å². The molecule has 0 aromatic heterocycles. The Morgan fingerprint density at radius 2 is 2.00 bits per heavy atom. The number of nitrogens with zero attached hydrogens (tertiary/aromatic N) is 2. The Balaban J connectivity index is 1.48. The molecular formula is C23H31N3O4. The lowest BCUT2D eigenvalue weighted by Gasteiger charge is -2.35. The number of amides is 3. The van der Waals surface area contributed by atoms with Gasteiger partial charge in [0.2, 0.25) is 11.8 Å². The van der Waals surface area contributed by atoms with Crippen LogP contribution in [-0.2, 0) is 16.1 Å². The maximum absolute atomic E-state index is 12.8. The minimum atomic E-state index is -0.588. The Morgan fingerprint density at radius 1 is 1.20 bits per heavy atom. The summed E-state index contributed by atoms with van der Waals surface area (Å²) in [6.07, 6.45) is 4.12. The van der Waals surface area contributed by atoms with Gasteiger partial charge in [0, 0.05) is 30.6 Å². The van der Waals surface area contributed by atoms with Crippen molar-refractivity contribution in [1.82, 2.24) is 15.1 Å². The summed E-state index contributed by atoms with van der Waals surface area (Å²) in [6, 6.07) is 5.92. The topological polar surface area (TPSA) is 79.0 Å². The number of piperidine rings is 1. The van der Waals surface area contributed by atoms with E-state index >= 15 is 0 Å². The monoisotopic (exact) mass is 413 g/mol. The molecule has 7 heteroatoms. The molecule has 0 spiro atoms. The van der Waals surface area contributed by atoms with Gasteiger partial charge in [0.05, 0.1) is 0 Å². The Hall–Kier alpha value is -2.41. The van der Waals surface area contributed by atoms with E-state index in [0.717, 1.165) is 37.1 Å². The fourth-order valence-electron chi connectivity index (χ4n) is 5.20. The van der Waals surface area contributed by atoms with Gasteiger partial charge >= 0.3 is 0 Å². The highest BCUT2D eigenvalue weighted by atomic mass is 16.5. The Kier molecular flexibility index (Phi) is 5.82. The van der Waals surface area contributed by atoms with Crippen LogP contribution in [0.5, 0.6) is 5.75 Å². The van der Waals surface area contributed by atoms with Crippen LogP contribution in [0.25, 0.3) is 0 Å². The third-order valence-corrected chi connectivity index (χ3v) is 6.65. The van der Waals surface area contributed by atoms with Crippen molar-refractivity contribution < 1.29 is 19.1 Å².